The third-order valence-corrected chi connectivity index (χ3v) is 6.34. The molecular weight excluding hydrogens is 374 g/mol. The normalized spacial score (nSPS) is 11.6. The van der Waals surface area contributed by atoms with Crippen molar-refractivity contribution in [1.29, 1.82) is 0 Å². The first-order chi connectivity index (χ1) is 12.2. The second-order valence-electron chi connectivity index (χ2n) is 5.98. The number of benzene rings is 1. The molecule has 0 saturated carbocycles. The Balaban J connectivity index is 2.37. The molecule has 1 heterocycles. The van der Waals surface area contributed by atoms with Crippen molar-refractivity contribution in [3.63, 3.8) is 0 Å². The van der Waals surface area contributed by atoms with Crippen LogP contribution in [0.4, 0.5) is 11.4 Å². The summed E-state index contributed by atoms with van der Waals surface area (Å²) in [4.78, 5) is 18.7. The lowest BCUT2D eigenvalue weighted by molar-refractivity contribution is 0.102. The molecule has 1 amide bonds. The number of aromatic nitrogens is 1. The van der Waals surface area contributed by atoms with E-state index >= 15 is 0 Å². The second-order valence-corrected chi connectivity index (χ2v) is 9.07. The number of nitrogens with one attached hydrogen (secondary N) is 1. The minimum Gasteiger partial charge on any atom is -0.376 e. The van der Waals surface area contributed by atoms with Gasteiger partial charge >= 0.3 is 0 Å². The zero-order valence-corrected chi connectivity index (χ0v) is 16.8. The molecule has 1 aromatic carbocycles. The van der Waals surface area contributed by atoms with Crippen LogP contribution < -0.4 is 16.0 Å². The first-order valence-corrected chi connectivity index (χ1v) is 10.2. The molecule has 0 saturated heterocycles. The summed E-state index contributed by atoms with van der Waals surface area (Å²) in [5.41, 5.74) is 6.87. The summed E-state index contributed by atoms with van der Waals surface area (Å²) in [7, 11) is 2.94. The highest BCUT2D eigenvalue weighted by molar-refractivity contribution is 7.89. The van der Waals surface area contributed by atoms with Crippen LogP contribution in [-0.4, -0.2) is 58.3 Å². The predicted molar refractivity (Wildman–Crippen MR) is 104 cm³/mol. The van der Waals surface area contributed by atoms with Crippen LogP contribution in [0.3, 0.4) is 0 Å². The summed E-state index contributed by atoms with van der Waals surface area (Å²) < 4.78 is 25.9. The Bertz CT molecular complexity index is 891. The lowest BCUT2D eigenvalue weighted by Gasteiger charge is -2.20. The van der Waals surface area contributed by atoms with Crippen molar-refractivity contribution >= 4 is 38.6 Å². The third-order valence-electron chi connectivity index (χ3n) is 3.62. The van der Waals surface area contributed by atoms with Crippen LogP contribution in [0, 0.1) is 0 Å². The standard InChI is InChI=1S/C16H23N5O3S2/c1-20(2)14-6-5-11(26(23,24)21(3)4)9-12(14)19-16(22)13-10-25-15(18-13)7-8-17/h5-6,9-10H,7-8,17H2,1-4H3,(H,19,22). The summed E-state index contributed by atoms with van der Waals surface area (Å²) in [5, 5.41) is 5.21. The molecule has 142 valence electrons. The van der Waals surface area contributed by atoms with Crippen LogP contribution in [0.2, 0.25) is 0 Å². The van der Waals surface area contributed by atoms with Crippen molar-refractivity contribution in [2.75, 3.05) is 45.0 Å². The van der Waals surface area contributed by atoms with Gasteiger partial charge in [-0.25, -0.2) is 17.7 Å². The Morgan fingerprint density at radius 3 is 2.54 bits per heavy atom. The van der Waals surface area contributed by atoms with E-state index in [1.807, 2.05) is 14.1 Å². The van der Waals surface area contributed by atoms with E-state index < -0.39 is 15.9 Å². The maximum absolute atomic E-state index is 12.5. The molecule has 0 spiro atoms. The Hall–Kier alpha value is -2.01. The highest BCUT2D eigenvalue weighted by Gasteiger charge is 2.21. The zero-order chi connectivity index (χ0) is 19.5. The molecule has 0 unspecified atom stereocenters. The number of thiazole rings is 1. The molecule has 0 bridgehead atoms. The van der Waals surface area contributed by atoms with Crippen LogP contribution >= 0.6 is 11.3 Å². The Morgan fingerprint density at radius 2 is 1.96 bits per heavy atom. The van der Waals surface area contributed by atoms with Crippen molar-refractivity contribution in [1.82, 2.24) is 9.29 Å². The van der Waals surface area contributed by atoms with Gasteiger partial charge in [0.2, 0.25) is 10.0 Å². The van der Waals surface area contributed by atoms with E-state index in [4.69, 9.17) is 5.73 Å². The number of anilines is 2. The summed E-state index contributed by atoms with van der Waals surface area (Å²) >= 11 is 1.37. The number of amides is 1. The molecule has 2 rings (SSSR count). The van der Waals surface area contributed by atoms with Gasteiger partial charge in [-0.15, -0.1) is 11.3 Å². The first-order valence-electron chi connectivity index (χ1n) is 7.86. The average molecular weight is 398 g/mol. The quantitative estimate of drug-likeness (QED) is 0.727. The number of nitrogens with two attached hydrogens (primary N) is 1. The fourth-order valence-corrected chi connectivity index (χ4v) is 3.94. The van der Waals surface area contributed by atoms with E-state index in [1.54, 1.807) is 16.3 Å². The fourth-order valence-electron chi connectivity index (χ4n) is 2.22. The molecule has 0 atom stereocenters. The maximum atomic E-state index is 12.5. The number of rotatable bonds is 7. The highest BCUT2D eigenvalue weighted by atomic mass is 32.2. The Kier molecular flexibility index (Phi) is 6.34. The minimum atomic E-state index is -3.61. The van der Waals surface area contributed by atoms with Gasteiger partial charge in [-0.3, -0.25) is 4.79 Å². The predicted octanol–water partition coefficient (Wildman–Crippen LogP) is 1.21. The van der Waals surface area contributed by atoms with Crippen molar-refractivity contribution < 1.29 is 13.2 Å². The number of carbonyl (C=O) groups is 1. The van der Waals surface area contributed by atoms with Gasteiger partial charge in [-0.1, -0.05) is 0 Å². The lowest BCUT2D eigenvalue weighted by Crippen LogP contribution is -2.23. The van der Waals surface area contributed by atoms with E-state index in [0.717, 1.165) is 9.31 Å². The van der Waals surface area contributed by atoms with Crippen molar-refractivity contribution in [2.45, 2.75) is 11.3 Å². The number of sulfonamides is 1. The molecule has 0 fully saturated rings. The second kappa shape index (κ2) is 8.12. The topological polar surface area (TPSA) is 109 Å². The zero-order valence-electron chi connectivity index (χ0n) is 15.2. The van der Waals surface area contributed by atoms with Gasteiger partial charge in [0.25, 0.3) is 5.91 Å². The molecule has 3 N–H and O–H groups in total. The lowest BCUT2D eigenvalue weighted by atomic mass is 10.2. The summed E-state index contributed by atoms with van der Waals surface area (Å²) in [6, 6.07) is 4.63. The summed E-state index contributed by atoms with van der Waals surface area (Å²) in [6.07, 6.45) is 0.609. The van der Waals surface area contributed by atoms with E-state index in [1.165, 1.54) is 37.6 Å². The Morgan fingerprint density at radius 1 is 1.27 bits per heavy atom. The summed E-state index contributed by atoms with van der Waals surface area (Å²) in [6.45, 7) is 0.462. The van der Waals surface area contributed by atoms with Crippen LogP contribution in [0.5, 0.6) is 0 Å². The molecule has 2 aromatic rings. The van der Waals surface area contributed by atoms with Crippen LogP contribution in [-0.2, 0) is 16.4 Å². The maximum Gasteiger partial charge on any atom is 0.275 e. The van der Waals surface area contributed by atoms with Gasteiger partial charge in [0.15, 0.2) is 0 Å². The van der Waals surface area contributed by atoms with Gasteiger partial charge in [-0.2, -0.15) is 0 Å². The largest absolute Gasteiger partial charge is 0.376 e. The molecule has 0 radical (unpaired) electrons. The third kappa shape index (κ3) is 4.39. The number of nitrogens with zero attached hydrogens (tertiary/aromatic N) is 3. The van der Waals surface area contributed by atoms with E-state index in [2.05, 4.69) is 10.3 Å². The molecule has 8 nitrogen and oxygen atoms in total. The number of carbonyl (C=O) groups excluding carboxylic acids is 1. The number of hydrogen-bond acceptors (Lipinski definition) is 7. The van der Waals surface area contributed by atoms with E-state index in [0.29, 0.717) is 24.3 Å². The van der Waals surface area contributed by atoms with Crippen LogP contribution in [0.15, 0.2) is 28.5 Å². The summed E-state index contributed by atoms with van der Waals surface area (Å²) in [5.74, 6) is -0.396. The first kappa shape index (κ1) is 20.3. The van der Waals surface area contributed by atoms with E-state index in [9.17, 15) is 13.2 Å². The monoisotopic (exact) mass is 397 g/mol. The molecule has 0 aliphatic carbocycles. The van der Waals surface area contributed by atoms with Crippen molar-refractivity contribution in [3.8, 4) is 0 Å². The molecule has 0 aliphatic heterocycles. The molecule has 10 heteroatoms. The SMILES string of the molecule is CN(C)c1ccc(S(=O)(=O)N(C)C)cc1NC(=O)c1csc(CCN)n1. The molecular formula is C16H23N5O3S2. The van der Waals surface area contributed by atoms with Crippen LogP contribution in [0.25, 0.3) is 0 Å². The van der Waals surface area contributed by atoms with Gasteiger partial charge in [0.1, 0.15) is 5.69 Å². The van der Waals surface area contributed by atoms with Gasteiger partial charge in [0.05, 0.1) is 21.3 Å². The average Bonchev–Trinajstić information content (AvgIpc) is 3.03. The number of hydrogen-bond donors (Lipinski definition) is 2. The highest BCUT2D eigenvalue weighted by Crippen LogP contribution is 2.29. The van der Waals surface area contributed by atoms with Crippen LogP contribution in [0.1, 0.15) is 15.5 Å². The Labute approximate surface area is 157 Å². The molecule has 0 aliphatic rings. The van der Waals surface area contributed by atoms with Crippen molar-refractivity contribution in [2.24, 2.45) is 5.73 Å². The minimum absolute atomic E-state index is 0.102. The van der Waals surface area contributed by atoms with E-state index in [-0.39, 0.29) is 10.6 Å². The van der Waals surface area contributed by atoms with Gasteiger partial charge in [-0.05, 0) is 24.7 Å². The van der Waals surface area contributed by atoms with Gasteiger partial charge < -0.3 is 16.0 Å². The van der Waals surface area contributed by atoms with Crippen molar-refractivity contribution in [3.05, 3.63) is 34.3 Å². The fraction of sp³-hybridized carbons (Fsp3) is 0.375. The molecule has 1 aromatic heterocycles. The molecule has 26 heavy (non-hydrogen) atoms. The van der Waals surface area contributed by atoms with Gasteiger partial charge in [0, 0.05) is 40.0 Å². The smallest absolute Gasteiger partial charge is 0.275 e.